The Hall–Kier alpha value is -2.49. The van der Waals surface area contributed by atoms with Crippen molar-refractivity contribution in [3.63, 3.8) is 0 Å². The van der Waals surface area contributed by atoms with Gasteiger partial charge in [-0.05, 0) is 37.1 Å². The van der Waals surface area contributed by atoms with Crippen molar-refractivity contribution in [2.24, 2.45) is 0 Å². The largest absolute Gasteiger partial charge is 0.494 e. The molecule has 2 N–H and O–H groups in total. The number of benzene rings is 2. The molecule has 0 radical (unpaired) electrons. The lowest BCUT2D eigenvalue weighted by molar-refractivity contribution is 0.303. The molecule has 0 bridgehead atoms. The molecule has 0 fully saturated rings. The third kappa shape index (κ3) is 2.84. The van der Waals surface area contributed by atoms with E-state index in [-0.39, 0.29) is 0 Å². The number of hydrogen-bond donors (Lipinski definition) is 1. The average Bonchev–Trinajstić information content (AvgIpc) is 2.82. The van der Waals surface area contributed by atoms with Crippen LogP contribution in [0.5, 0.6) is 5.75 Å². The summed E-state index contributed by atoms with van der Waals surface area (Å²) in [6.07, 6.45) is 0.887. The predicted molar refractivity (Wildman–Crippen MR) is 85.4 cm³/mol. The van der Waals surface area contributed by atoms with Crippen molar-refractivity contribution in [1.29, 1.82) is 0 Å². The molecule has 0 amide bonds. The Morgan fingerprint density at radius 2 is 1.90 bits per heavy atom. The van der Waals surface area contributed by atoms with Gasteiger partial charge in [-0.1, -0.05) is 30.3 Å². The summed E-state index contributed by atoms with van der Waals surface area (Å²) in [5.74, 6) is 1.47. The molecule has 108 valence electrons. The van der Waals surface area contributed by atoms with E-state index in [1.54, 1.807) is 0 Å². The molecule has 0 aliphatic carbocycles. The molecule has 0 atom stereocenters. The van der Waals surface area contributed by atoms with Gasteiger partial charge >= 0.3 is 0 Å². The third-order valence-corrected chi connectivity index (χ3v) is 3.55. The number of nitrogen functional groups attached to an aromatic ring is 1. The molecular weight excluding hydrogens is 262 g/mol. The van der Waals surface area contributed by atoms with Crippen molar-refractivity contribution < 1.29 is 4.74 Å². The number of ether oxygens (including phenoxy) is 1. The highest BCUT2D eigenvalue weighted by Gasteiger charge is 2.09. The Morgan fingerprint density at radius 1 is 1.10 bits per heavy atom. The number of aryl methyl sites for hydroxylation is 2. The first-order valence-electron chi connectivity index (χ1n) is 7.15. The second kappa shape index (κ2) is 5.87. The molecule has 21 heavy (non-hydrogen) atoms. The van der Waals surface area contributed by atoms with Crippen LogP contribution in [0.25, 0.3) is 11.0 Å². The number of hydrogen-bond acceptors (Lipinski definition) is 3. The lowest BCUT2D eigenvalue weighted by Gasteiger charge is -2.08. The zero-order chi connectivity index (χ0) is 14.7. The first-order valence-corrected chi connectivity index (χ1v) is 7.15. The Bertz CT molecular complexity index is 734. The van der Waals surface area contributed by atoms with E-state index in [4.69, 9.17) is 10.5 Å². The molecule has 0 saturated carbocycles. The molecule has 0 spiro atoms. The number of fused-ring (bicyclic) bond motifs is 1. The van der Waals surface area contributed by atoms with Crippen LogP contribution in [0.4, 0.5) is 5.95 Å². The second-order valence-electron chi connectivity index (χ2n) is 5.08. The number of nitrogens with two attached hydrogens (primary N) is 1. The normalized spacial score (nSPS) is 10.9. The Morgan fingerprint density at radius 3 is 2.71 bits per heavy atom. The monoisotopic (exact) mass is 281 g/mol. The standard InChI is InChI=1S/C17H19N3O/c1-13-7-5-10-15-16(13)19-17(18)20(15)11-6-12-21-14-8-3-2-4-9-14/h2-5,7-10H,6,11-12H2,1H3,(H2,18,19). The van der Waals surface area contributed by atoms with Crippen LogP contribution in [-0.2, 0) is 6.54 Å². The molecule has 2 aromatic carbocycles. The van der Waals surface area contributed by atoms with Crippen molar-refractivity contribution in [1.82, 2.24) is 9.55 Å². The second-order valence-corrected chi connectivity index (χ2v) is 5.08. The molecule has 4 nitrogen and oxygen atoms in total. The molecule has 3 aromatic rings. The van der Waals surface area contributed by atoms with Gasteiger partial charge in [0.15, 0.2) is 0 Å². The molecule has 0 aliphatic rings. The topological polar surface area (TPSA) is 53.1 Å². The minimum Gasteiger partial charge on any atom is -0.494 e. The van der Waals surface area contributed by atoms with Crippen LogP contribution in [-0.4, -0.2) is 16.2 Å². The number of nitrogens with zero attached hydrogens (tertiary/aromatic N) is 2. The fraction of sp³-hybridized carbons (Fsp3) is 0.235. The maximum atomic E-state index is 6.03. The smallest absolute Gasteiger partial charge is 0.201 e. The Kier molecular flexibility index (Phi) is 3.77. The summed E-state index contributed by atoms with van der Waals surface area (Å²) in [5.41, 5.74) is 9.25. The van der Waals surface area contributed by atoms with Crippen molar-refractivity contribution in [3.05, 3.63) is 54.1 Å². The summed E-state index contributed by atoms with van der Waals surface area (Å²) in [4.78, 5) is 4.45. The fourth-order valence-electron chi connectivity index (χ4n) is 2.47. The van der Waals surface area contributed by atoms with Crippen LogP contribution >= 0.6 is 0 Å². The third-order valence-electron chi connectivity index (χ3n) is 3.55. The first-order chi connectivity index (χ1) is 10.3. The molecule has 1 heterocycles. The van der Waals surface area contributed by atoms with Gasteiger partial charge in [-0.2, -0.15) is 0 Å². The Balaban J connectivity index is 1.66. The number of aromatic nitrogens is 2. The van der Waals surface area contributed by atoms with Gasteiger partial charge in [-0.15, -0.1) is 0 Å². The highest BCUT2D eigenvalue weighted by atomic mass is 16.5. The minimum absolute atomic E-state index is 0.569. The van der Waals surface area contributed by atoms with Crippen LogP contribution in [0.3, 0.4) is 0 Å². The van der Waals surface area contributed by atoms with E-state index in [9.17, 15) is 0 Å². The van der Waals surface area contributed by atoms with E-state index < -0.39 is 0 Å². The number of imidazole rings is 1. The summed E-state index contributed by atoms with van der Waals surface area (Å²) in [5, 5.41) is 0. The maximum Gasteiger partial charge on any atom is 0.201 e. The van der Waals surface area contributed by atoms with Gasteiger partial charge in [0.05, 0.1) is 17.6 Å². The van der Waals surface area contributed by atoms with Crippen molar-refractivity contribution in [2.45, 2.75) is 19.9 Å². The fourth-order valence-corrected chi connectivity index (χ4v) is 2.47. The minimum atomic E-state index is 0.569. The van der Waals surface area contributed by atoms with Gasteiger partial charge in [-0.25, -0.2) is 4.98 Å². The summed E-state index contributed by atoms with van der Waals surface area (Å²) in [6.45, 7) is 3.52. The number of anilines is 1. The van der Waals surface area contributed by atoms with E-state index in [0.29, 0.717) is 12.6 Å². The highest BCUT2D eigenvalue weighted by Crippen LogP contribution is 2.21. The van der Waals surface area contributed by atoms with Gasteiger partial charge in [0.2, 0.25) is 5.95 Å². The van der Waals surface area contributed by atoms with Crippen molar-refractivity contribution in [3.8, 4) is 5.75 Å². The molecule has 0 unspecified atom stereocenters. The van der Waals surface area contributed by atoms with E-state index in [0.717, 1.165) is 35.3 Å². The molecule has 1 aromatic heterocycles. The zero-order valence-electron chi connectivity index (χ0n) is 12.1. The first kappa shape index (κ1) is 13.5. The summed E-state index contributed by atoms with van der Waals surface area (Å²) in [6, 6.07) is 16.0. The Labute approximate surface area is 124 Å². The zero-order valence-corrected chi connectivity index (χ0v) is 12.1. The van der Waals surface area contributed by atoms with Gasteiger partial charge in [0, 0.05) is 6.54 Å². The van der Waals surface area contributed by atoms with Crippen LogP contribution < -0.4 is 10.5 Å². The van der Waals surface area contributed by atoms with Crippen molar-refractivity contribution in [2.75, 3.05) is 12.3 Å². The van der Waals surface area contributed by atoms with Gasteiger partial charge in [-0.3, -0.25) is 0 Å². The lowest BCUT2D eigenvalue weighted by Crippen LogP contribution is -2.07. The number of para-hydroxylation sites is 2. The highest BCUT2D eigenvalue weighted by molar-refractivity contribution is 5.81. The SMILES string of the molecule is Cc1cccc2c1nc(N)n2CCCOc1ccccc1. The number of rotatable bonds is 5. The summed E-state index contributed by atoms with van der Waals surface area (Å²) >= 11 is 0. The van der Waals surface area contributed by atoms with E-state index in [2.05, 4.69) is 28.6 Å². The molecule has 0 aliphatic heterocycles. The van der Waals surface area contributed by atoms with Crippen LogP contribution in [0.2, 0.25) is 0 Å². The van der Waals surface area contributed by atoms with E-state index in [1.165, 1.54) is 0 Å². The lowest BCUT2D eigenvalue weighted by atomic mass is 10.2. The molecular formula is C17H19N3O. The predicted octanol–water partition coefficient (Wildman–Crippen LogP) is 3.40. The van der Waals surface area contributed by atoms with E-state index >= 15 is 0 Å². The van der Waals surface area contributed by atoms with Crippen LogP contribution in [0.15, 0.2) is 48.5 Å². The maximum absolute atomic E-state index is 6.03. The summed E-state index contributed by atoms with van der Waals surface area (Å²) < 4.78 is 7.76. The van der Waals surface area contributed by atoms with E-state index in [1.807, 2.05) is 36.4 Å². The van der Waals surface area contributed by atoms with Crippen LogP contribution in [0.1, 0.15) is 12.0 Å². The average molecular weight is 281 g/mol. The van der Waals surface area contributed by atoms with Gasteiger partial charge in [0.25, 0.3) is 0 Å². The van der Waals surface area contributed by atoms with Gasteiger partial charge < -0.3 is 15.0 Å². The quantitative estimate of drug-likeness (QED) is 0.729. The molecule has 3 rings (SSSR count). The van der Waals surface area contributed by atoms with Crippen LogP contribution in [0, 0.1) is 6.92 Å². The molecule has 0 saturated heterocycles. The summed E-state index contributed by atoms with van der Waals surface area (Å²) in [7, 11) is 0. The van der Waals surface area contributed by atoms with Gasteiger partial charge in [0.1, 0.15) is 5.75 Å². The molecule has 4 heteroatoms. The van der Waals surface area contributed by atoms with Crippen molar-refractivity contribution >= 4 is 17.0 Å².